The Morgan fingerprint density at radius 3 is 2.20 bits per heavy atom. The molecule has 0 spiro atoms. The van der Waals surface area contributed by atoms with Crippen LogP contribution in [0.5, 0.6) is 0 Å². The predicted octanol–water partition coefficient (Wildman–Crippen LogP) is 3.04. The van der Waals surface area contributed by atoms with Crippen molar-refractivity contribution < 1.29 is 8.42 Å². The lowest BCUT2D eigenvalue weighted by atomic mass is 10.1. The molecule has 0 aromatic heterocycles. The number of rotatable bonds is 13. The molecule has 122 valence electrons. The van der Waals surface area contributed by atoms with Crippen LogP contribution in [-0.2, 0) is 10.0 Å². The fourth-order valence-electron chi connectivity index (χ4n) is 2.18. The third kappa shape index (κ3) is 11.7. The van der Waals surface area contributed by atoms with Gasteiger partial charge in [0.05, 0.1) is 5.75 Å². The van der Waals surface area contributed by atoms with Crippen LogP contribution >= 0.6 is 0 Å². The summed E-state index contributed by atoms with van der Waals surface area (Å²) in [6.07, 6.45) is 6.75. The van der Waals surface area contributed by atoms with E-state index >= 15 is 0 Å². The Bertz CT molecular complexity index is 316. The third-order valence-corrected chi connectivity index (χ3v) is 4.80. The van der Waals surface area contributed by atoms with Gasteiger partial charge in [-0.1, -0.05) is 47.0 Å². The zero-order chi connectivity index (χ0) is 15.4. The predicted molar refractivity (Wildman–Crippen MR) is 87.5 cm³/mol. The van der Waals surface area contributed by atoms with Crippen molar-refractivity contribution in [2.24, 2.45) is 0 Å². The molecule has 0 bridgehead atoms. The lowest BCUT2D eigenvalue weighted by Crippen LogP contribution is -2.36. The van der Waals surface area contributed by atoms with Gasteiger partial charge >= 0.3 is 0 Å². The van der Waals surface area contributed by atoms with Crippen molar-refractivity contribution >= 4 is 10.0 Å². The van der Waals surface area contributed by atoms with Gasteiger partial charge in [-0.05, 0) is 32.2 Å². The topological polar surface area (TPSA) is 58.2 Å². The summed E-state index contributed by atoms with van der Waals surface area (Å²) in [6, 6.07) is 0.589. The first-order valence-electron chi connectivity index (χ1n) is 8.14. The molecule has 0 amide bonds. The summed E-state index contributed by atoms with van der Waals surface area (Å²) >= 11 is 0. The van der Waals surface area contributed by atoms with Crippen molar-refractivity contribution in [3.63, 3.8) is 0 Å². The Morgan fingerprint density at radius 2 is 1.65 bits per heavy atom. The Balaban J connectivity index is 4.00. The van der Waals surface area contributed by atoms with Gasteiger partial charge in [0.25, 0.3) is 0 Å². The zero-order valence-corrected chi connectivity index (χ0v) is 14.6. The van der Waals surface area contributed by atoms with Gasteiger partial charge in [-0.15, -0.1) is 0 Å². The third-order valence-electron chi connectivity index (χ3n) is 3.28. The zero-order valence-electron chi connectivity index (χ0n) is 13.7. The Hall–Kier alpha value is -0.130. The van der Waals surface area contributed by atoms with E-state index in [4.69, 9.17) is 0 Å². The smallest absolute Gasteiger partial charge is 0.211 e. The molecule has 0 saturated carbocycles. The van der Waals surface area contributed by atoms with Crippen LogP contribution in [0.3, 0.4) is 0 Å². The molecule has 1 unspecified atom stereocenters. The Kier molecular flexibility index (Phi) is 11.4. The molecule has 5 heteroatoms. The van der Waals surface area contributed by atoms with Gasteiger partial charge in [0, 0.05) is 12.1 Å². The van der Waals surface area contributed by atoms with E-state index in [2.05, 4.69) is 37.7 Å². The van der Waals surface area contributed by atoms with Crippen molar-refractivity contribution in [3.05, 3.63) is 0 Å². The van der Waals surface area contributed by atoms with E-state index in [-0.39, 0.29) is 11.8 Å². The molecule has 0 fully saturated rings. The molecular formula is C15H34N2O2S. The molecule has 0 heterocycles. The van der Waals surface area contributed by atoms with E-state index in [0.717, 1.165) is 51.5 Å². The first kappa shape index (κ1) is 19.9. The first-order valence-corrected chi connectivity index (χ1v) is 9.79. The maximum atomic E-state index is 12.0. The van der Waals surface area contributed by atoms with Gasteiger partial charge < -0.3 is 5.32 Å². The highest BCUT2D eigenvalue weighted by Gasteiger charge is 2.16. The largest absolute Gasteiger partial charge is 0.315 e. The molecule has 2 N–H and O–H groups in total. The molecule has 0 rings (SSSR count). The van der Waals surface area contributed by atoms with Crippen molar-refractivity contribution in [2.45, 2.75) is 84.7 Å². The monoisotopic (exact) mass is 306 g/mol. The number of nitrogens with one attached hydrogen (secondary N) is 2. The Labute approximate surface area is 126 Å². The minimum Gasteiger partial charge on any atom is -0.315 e. The molecule has 0 saturated heterocycles. The lowest BCUT2D eigenvalue weighted by Gasteiger charge is -2.18. The van der Waals surface area contributed by atoms with Gasteiger partial charge in [0.1, 0.15) is 0 Å². The van der Waals surface area contributed by atoms with Crippen LogP contribution in [0.25, 0.3) is 0 Å². The lowest BCUT2D eigenvalue weighted by molar-refractivity contribution is 0.481. The summed E-state index contributed by atoms with van der Waals surface area (Å²) in [5.74, 6) is 0.249. The van der Waals surface area contributed by atoms with Crippen molar-refractivity contribution in [3.8, 4) is 0 Å². The minimum absolute atomic E-state index is 0.124. The summed E-state index contributed by atoms with van der Waals surface area (Å²) in [4.78, 5) is 0. The van der Waals surface area contributed by atoms with Gasteiger partial charge in [0.15, 0.2) is 0 Å². The maximum Gasteiger partial charge on any atom is 0.211 e. The van der Waals surface area contributed by atoms with Crippen LogP contribution in [0.4, 0.5) is 0 Å². The highest BCUT2D eigenvalue weighted by atomic mass is 32.2. The fraction of sp³-hybridized carbons (Fsp3) is 1.00. The first-order chi connectivity index (χ1) is 9.41. The highest BCUT2D eigenvalue weighted by Crippen LogP contribution is 2.09. The van der Waals surface area contributed by atoms with Crippen LogP contribution in [0.2, 0.25) is 0 Å². The van der Waals surface area contributed by atoms with E-state index in [1.807, 2.05) is 0 Å². The SMILES string of the molecule is CCCCC(CCC)NS(=O)(=O)CCCCNC(C)C. The van der Waals surface area contributed by atoms with E-state index in [1.54, 1.807) is 0 Å². The molecule has 1 atom stereocenters. The van der Waals surface area contributed by atoms with Crippen molar-refractivity contribution in [1.29, 1.82) is 0 Å². The second-order valence-corrected chi connectivity index (χ2v) is 7.75. The summed E-state index contributed by atoms with van der Waals surface area (Å²) in [6.45, 7) is 9.33. The second-order valence-electron chi connectivity index (χ2n) is 5.88. The Morgan fingerprint density at radius 1 is 0.950 bits per heavy atom. The van der Waals surface area contributed by atoms with Gasteiger partial charge in [-0.25, -0.2) is 13.1 Å². The van der Waals surface area contributed by atoms with E-state index in [1.165, 1.54) is 0 Å². The molecule has 0 aliphatic rings. The van der Waals surface area contributed by atoms with Crippen LogP contribution < -0.4 is 10.0 Å². The number of hydrogen-bond acceptors (Lipinski definition) is 3. The number of unbranched alkanes of at least 4 members (excludes halogenated alkanes) is 2. The van der Waals surface area contributed by atoms with Crippen LogP contribution in [0.15, 0.2) is 0 Å². The molecule has 0 aliphatic carbocycles. The molecule has 4 nitrogen and oxygen atoms in total. The standard InChI is InChI=1S/C15H34N2O2S/c1-5-7-11-15(10-6-2)17-20(18,19)13-9-8-12-16-14(3)4/h14-17H,5-13H2,1-4H3. The average Bonchev–Trinajstić information content (AvgIpc) is 2.35. The summed E-state index contributed by atoms with van der Waals surface area (Å²) in [5, 5.41) is 3.31. The molecule has 0 aliphatic heterocycles. The molecule has 0 radical (unpaired) electrons. The quantitative estimate of drug-likeness (QED) is 0.514. The van der Waals surface area contributed by atoms with E-state index in [9.17, 15) is 8.42 Å². The molecular weight excluding hydrogens is 272 g/mol. The summed E-state index contributed by atoms with van der Waals surface area (Å²) in [5.41, 5.74) is 0. The van der Waals surface area contributed by atoms with Crippen molar-refractivity contribution in [1.82, 2.24) is 10.0 Å². The van der Waals surface area contributed by atoms with Crippen LogP contribution in [-0.4, -0.2) is 32.8 Å². The average molecular weight is 307 g/mol. The molecule has 20 heavy (non-hydrogen) atoms. The van der Waals surface area contributed by atoms with Gasteiger partial charge in [0.2, 0.25) is 10.0 Å². The normalized spacial score (nSPS) is 13.8. The highest BCUT2D eigenvalue weighted by molar-refractivity contribution is 7.89. The van der Waals surface area contributed by atoms with E-state index < -0.39 is 10.0 Å². The second kappa shape index (κ2) is 11.5. The van der Waals surface area contributed by atoms with Crippen molar-refractivity contribution in [2.75, 3.05) is 12.3 Å². The maximum absolute atomic E-state index is 12.0. The summed E-state index contributed by atoms with van der Waals surface area (Å²) < 4.78 is 27.0. The van der Waals surface area contributed by atoms with Gasteiger partial charge in [-0.3, -0.25) is 0 Å². The van der Waals surface area contributed by atoms with E-state index in [0.29, 0.717) is 6.04 Å². The van der Waals surface area contributed by atoms with Crippen LogP contribution in [0, 0.1) is 0 Å². The number of hydrogen-bond donors (Lipinski definition) is 2. The number of sulfonamides is 1. The van der Waals surface area contributed by atoms with Crippen LogP contribution in [0.1, 0.15) is 72.6 Å². The van der Waals surface area contributed by atoms with Gasteiger partial charge in [-0.2, -0.15) is 0 Å². The fourth-order valence-corrected chi connectivity index (χ4v) is 3.63. The summed E-state index contributed by atoms with van der Waals surface area (Å²) in [7, 11) is -3.11. The minimum atomic E-state index is -3.11. The molecule has 0 aromatic carbocycles. The molecule has 0 aromatic rings.